The number of benzene rings is 1. The van der Waals surface area contributed by atoms with E-state index < -0.39 is 5.97 Å². The quantitative estimate of drug-likeness (QED) is 0.811. The van der Waals surface area contributed by atoms with Crippen LogP contribution in [0.1, 0.15) is 22.8 Å². The van der Waals surface area contributed by atoms with Crippen LogP contribution in [0.4, 0.5) is 5.69 Å². The van der Waals surface area contributed by atoms with E-state index in [0.29, 0.717) is 12.1 Å². The predicted octanol–water partition coefficient (Wildman–Crippen LogP) is 2.90. The first-order chi connectivity index (χ1) is 11.1. The molecular formula is C17H16N2O3S. The molecule has 0 spiro atoms. The van der Waals surface area contributed by atoms with E-state index in [-0.39, 0.29) is 11.2 Å². The summed E-state index contributed by atoms with van der Waals surface area (Å²) in [6.45, 7) is 2.34. The second-order valence-corrected chi connectivity index (χ2v) is 6.60. The molecule has 0 saturated carbocycles. The Bertz CT molecular complexity index is 749. The topological polar surface area (TPSA) is 59.5 Å². The first-order valence-corrected chi connectivity index (χ1v) is 8.07. The number of anilines is 1. The maximum absolute atomic E-state index is 12.6. The lowest BCUT2D eigenvalue weighted by molar-refractivity contribution is -0.118. The number of fused-ring (bicyclic) bond motifs is 1. The molecule has 0 saturated heterocycles. The fourth-order valence-corrected chi connectivity index (χ4v) is 3.53. The van der Waals surface area contributed by atoms with Crippen LogP contribution in [0.25, 0.3) is 0 Å². The van der Waals surface area contributed by atoms with Crippen LogP contribution >= 0.6 is 11.8 Å². The molecule has 0 N–H and O–H groups in total. The highest BCUT2D eigenvalue weighted by atomic mass is 32.2. The lowest BCUT2D eigenvalue weighted by Gasteiger charge is -2.32. The molecule has 0 radical (unpaired) electrons. The molecule has 118 valence electrons. The summed E-state index contributed by atoms with van der Waals surface area (Å²) in [5.74, 6) is -0.380. The maximum Gasteiger partial charge on any atom is 0.337 e. The molecule has 2 heterocycles. The summed E-state index contributed by atoms with van der Waals surface area (Å²) < 4.78 is 4.77. The lowest BCUT2D eigenvalue weighted by Crippen LogP contribution is -2.39. The van der Waals surface area contributed by atoms with E-state index in [4.69, 9.17) is 4.74 Å². The van der Waals surface area contributed by atoms with Crippen molar-refractivity contribution < 1.29 is 14.3 Å². The molecule has 3 rings (SSSR count). The number of aromatic nitrogens is 1. The van der Waals surface area contributed by atoms with Gasteiger partial charge in [-0.15, -0.1) is 11.8 Å². The van der Waals surface area contributed by atoms with Gasteiger partial charge >= 0.3 is 5.97 Å². The van der Waals surface area contributed by atoms with Crippen LogP contribution in [0.3, 0.4) is 0 Å². The number of hydrogen-bond acceptors (Lipinski definition) is 5. The predicted molar refractivity (Wildman–Crippen MR) is 88.5 cm³/mol. The Hall–Kier alpha value is -2.34. The molecule has 0 bridgehead atoms. The summed E-state index contributed by atoms with van der Waals surface area (Å²) in [5, 5.41) is -0.159. The number of methoxy groups -OCH3 is 1. The zero-order valence-electron chi connectivity index (χ0n) is 12.9. The summed E-state index contributed by atoms with van der Waals surface area (Å²) in [6.07, 6.45) is 3.40. The number of amides is 1. The van der Waals surface area contributed by atoms with Gasteiger partial charge in [0.25, 0.3) is 0 Å². The van der Waals surface area contributed by atoms with E-state index in [2.05, 4.69) is 4.98 Å². The number of esters is 1. The third-order valence-electron chi connectivity index (χ3n) is 3.68. The number of carbonyl (C=O) groups excluding carboxylic acids is 2. The number of nitrogens with zero attached hydrogens (tertiary/aromatic N) is 2. The number of hydrogen-bond donors (Lipinski definition) is 0. The van der Waals surface area contributed by atoms with E-state index >= 15 is 0 Å². The molecule has 1 atom stereocenters. The zero-order chi connectivity index (χ0) is 16.4. The van der Waals surface area contributed by atoms with Gasteiger partial charge < -0.3 is 9.64 Å². The molecule has 2 aromatic rings. The summed E-state index contributed by atoms with van der Waals surface area (Å²) in [7, 11) is 1.35. The summed E-state index contributed by atoms with van der Waals surface area (Å²) in [4.78, 5) is 31.1. The van der Waals surface area contributed by atoms with Gasteiger partial charge in [0.05, 0.1) is 30.2 Å². The van der Waals surface area contributed by atoms with Gasteiger partial charge in [-0.1, -0.05) is 0 Å². The fraction of sp³-hybridized carbons (Fsp3) is 0.235. The van der Waals surface area contributed by atoms with Crippen molar-refractivity contribution in [2.45, 2.75) is 23.6 Å². The molecule has 1 aliphatic heterocycles. The third-order valence-corrected chi connectivity index (χ3v) is 4.83. The van der Waals surface area contributed by atoms with E-state index in [0.717, 1.165) is 16.1 Å². The van der Waals surface area contributed by atoms with Crippen molar-refractivity contribution in [1.82, 2.24) is 4.98 Å². The van der Waals surface area contributed by atoms with E-state index in [1.807, 2.05) is 25.1 Å². The van der Waals surface area contributed by atoms with Gasteiger partial charge in [-0.25, -0.2) is 4.79 Å². The SMILES string of the molecule is COC(=O)c1ccc2c(c1)N(Cc1ccncc1)C(=O)C(C)S2. The van der Waals surface area contributed by atoms with Crippen LogP contribution in [0.15, 0.2) is 47.6 Å². The van der Waals surface area contributed by atoms with Crippen LogP contribution in [0.5, 0.6) is 0 Å². The standard InChI is InChI=1S/C17H16N2O3S/c1-11-16(20)19(10-12-5-7-18-8-6-12)14-9-13(17(21)22-2)3-4-15(14)23-11/h3-9,11H,10H2,1-2H3. The van der Waals surface area contributed by atoms with Crippen molar-refractivity contribution in [3.8, 4) is 0 Å². The molecular weight excluding hydrogens is 312 g/mol. The summed E-state index contributed by atoms with van der Waals surface area (Å²) >= 11 is 1.51. The zero-order valence-corrected chi connectivity index (χ0v) is 13.7. The monoisotopic (exact) mass is 328 g/mol. The molecule has 6 heteroatoms. The Morgan fingerprint density at radius 3 is 2.74 bits per heavy atom. The molecule has 1 aromatic heterocycles. The number of rotatable bonds is 3. The summed E-state index contributed by atoms with van der Waals surface area (Å²) in [5.41, 5.74) is 2.17. The minimum Gasteiger partial charge on any atom is -0.465 e. The summed E-state index contributed by atoms with van der Waals surface area (Å²) in [6, 6.07) is 9.08. The van der Waals surface area contributed by atoms with Gasteiger partial charge in [-0.2, -0.15) is 0 Å². The lowest BCUT2D eigenvalue weighted by atomic mass is 10.1. The fourth-order valence-electron chi connectivity index (χ4n) is 2.49. The van der Waals surface area contributed by atoms with Gasteiger partial charge in [-0.3, -0.25) is 9.78 Å². The maximum atomic E-state index is 12.6. The average molecular weight is 328 g/mol. The first kappa shape index (κ1) is 15.6. The molecule has 1 amide bonds. The van der Waals surface area contributed by atoms with Gasteiger partial charge in [0.2, 0.25) is 5.91 Å². The average Bonchev–Trinajstić information content (AvgIpc) is 2.59. The Balaban J connectivity index is 2.01. The number of carbonyl (C=O) groups is 2. The van der Waals surface area contributed by atoms with E-state index in [1.54, 1.807) is 29.4 Å². The smallest absolute Gasteiger partial charge is 0.337 e. The number of thioether (sulfide) groups is 1. The highest BCUT2D eigenvalue weighted by Crippen LogP contribution is 2.40. The largest absolute Gasteiger partial charge is 0.465 e. The molecule has 1 unspecified atom stereocenters. The van der Waals surface area contributed by atoms with Crippen LogP contribution in [0.2, 0.25) is 0 Å². The second kappa shape index (κ2) is 6.42. The van der Waals surface area contributed by atoms with Crippen molar-refractivity contribution in [1.29, 1.82) is 0 Å². The Morgan fingerprint density at radius 1 is 1.30 bits per heavy atom. The third kappa shape index (κ3) is 3.07. The first-order valence-electron chi connectivity index (χ1n) is 7.19. The molecule has 1 aromatic carbocycles. The van der Waals surface area contributed by atoms with Crippen LogP contribution < -0.4 is 4.90 Å². The van der Waals surface area contributed by atoms with E-state index in [9.17, 15) is 9.59 Å². The van der Waals surface area contributed by atoms with Crippen LogP contribution in [-0.4, -0.2) is 29.2 Å². The Morgan fingerprint density at radius 2 is 2.04 bits per heavy atom. The highest BCUT2D eigenvalue weighted by molar-refractivity contribution is 8.00. The second-order valence-electron chi connectivity index (χ2n) is 5.21. The van der Waals surface area contributed by atoms with Gasteiger partial charge in [0, 0.05) is 17.3 Å². The Labute approximate surface area is 138 Å². The van der Waals surface area contributed by atoms with Crippen LogP contribution in [0, 0.1) is 0 Å². The van der Waals surface area contributed by atoms with E-state index in [1.165, 1.54) is 18.9 Å². The highest BCUT2D eigenvalue weighted by Gasteiger charge is 2.31. The normalized spacial score (nSPS) is 16.9. The van der Waals surface area contributed by atoms with Crippen molar-refractivity contribution in [3.05, 3.63) is 53.9 Å². The molecule has 5 nitrogen and oxygen atoms in total. The molecule has 1 aliphatic rings. The number of ether oxygens (including phenoxy) is 1. The van der Waals surface area contributed by atoms with Crippen molar-refractivity contribution in [2.24, 2.45) is 0 Å². The Kier molecular flexibility index (Phi) is 4.34. The van der Waals surface area contributed by atoms with Gasteiger partial charge in [-0.05, 0) is 42.8 Å². The molecule has 0 fully saturated rings. The minimum atomic E-state index is -0.410. The molecule has 23 heavy (non-hydrogen) atoms. The van der Waals surface area contributed by atoms with Crippen molar-refractivity contribution >= 4 is 29.3 Å². The van der Waals surface area contributed by atoms with Crippen LogP contribution in [-0.2, 0) is 16.1 Å². The van der Waals surface area contributed by atoms with Crippen molar-refractivity contribution in [3.63, 3.8) is 0 Å². The van der Waals surface area contributed by atoms with Crippen molar-refractivity contribution in [2.75, 3.05) is 12.0 Å². The van der Waals surface area contributed by atoms with Gasteiger partial charge in [0.15, 0.2) is 0 Å². The number of pyridine rings is 1. The van der Waals surface area contributed by atoms with Gasteiger partial charge in [0.1, 0.15) is 0 Å². The minimum absolute atomic E-state index is 0.0290. The molecule has 0 aliphatic carbocycles.